The third-order valence-electron chi connectivity index (χ3n) is 4.28. The van der Waals surface area contributed by atoms with Crippen LogP contribution in [0, 0.1) is 5.82 Å². The van der Waals surface area contributed by atoms with Crippen molar-refractivity contribution in [2.24, 2.45) is 0 Å². The number of aromatic nitrogens is 3. The number of halogens is 3. The lowest BCUT2D eigenvalue weighted by Crippen LogP contribution is -2.26. The van der Waals surface area contributed by atoms with Gasteiger partial charge in [-0.2, -0.15) is 8.78 Å². The highest BCUT2D eigenvalue weighted by Gasteiger charge is 2.20. The number of pyridine rings is 1. The van der Waals surface area contributed by atoms with E-state index in [2.05, 4.69) is 15.2 Å². The summed E-state index contributed by atoms with van der Waals surface area (Å²) in [6, 6.07) is 7.45. The van der Waals surface area contributed by atoms with Crippen molar-refractivity contribution in [3.05, 3.63) is 48.2 Å². The zero-order chi connectivity index (χ0) is 19.5. The maximum atomic E-state index is 14.2. The van der Waals surface area contributed by atoms with Gasteiger partial charge in [-0.25, -0.2) is 4.39 Å². The molecule has 0 radical (unpaired) electrons. The van der Waals surface area contributed by atoms with Crippen LogP contribution in [-0.4, -0.2) is 34.5 Å². The molecule has 0 spiro atoms. The zero-order valence-electron chi connectivity index (χ0n) is 14.6. The second-order valence-corrected chi connectivity index (χ2v) is 6.25. The Kier molecular flexibility index (Phi) is 5.25. The monoisotopic (exact) mass is 391 g/mol. The molecule has 146 valence electrons. The van der Waals surface area contributed by atoms with Crippen molar-refractivity contribution in [3.63, 3.8) is 0 Å². The molecule has 0 unspecified atom stereocenters. The van der Waals surface area contributed by atoms with Crippen molar-refractivity contribution in [2.75, 3.05) is 13.2 Å². The lowest BCUT2D eigenvalue weighted by molar-refractivity contribution is 0.0257. The first kappa shape index (κ1) is 18.4. The van der Waals surface area contributed by atoms with E-state index in [1.165, 1.54) is 6.07 Å². The van der Waals surface area contributed by atoms with Gasteiger partial charge in [0.25, 0.3) is 5.89 Å². The second-order valence-electron chi connectivity index (χ2n) is 6.25. The Bertz CT molecular complexity index is 958. The van der Waals surface area contributed by atoms with Gasteiger partial charge in [0.2, 0.25) is 5.89 Å². The third kappa shape index (κ3) is 3.99. The summed E-state index contributed by atoms with van der Waals surface area (Å²) in [6.07, 6.45) is 0.152. The average molecular weight is 391 g/mol. The summed E-state index contributed by atoms with van der Waals surface area (Å²) in [4.78, 5) is 4.31. The molecule has 1 aliphatic rings. The Morgan fingerprint density at radius 3 is 2.61 bits per heavy atom. The Morgan fingerprint density at radius 1 is 1.07 bits per heavy atom. The summed E-state index contributed by atoms with van der Waals surface area (Å²) < 4.78 is 55.9. The van der Waals surface area contributed by atoms with Gasteiger partial charge in [-0.3, -0.25) is 4.98 Å². The fraction of sp³-hybridized carbons (Fsp3) is 0.316. The quantitative estimate of drug-likeness (QED) is 0.641. The van der Waals surface area contributed by atoms with Crippen LogP contribution in [0.3, 0.4) is 0 Å². The van der Waals surface area contributed by atoms with Gasteiger partial charge in [-0.15, -0.1) is 10.2 Å². The molecule has 2 aromatic heterocycles. The molecule has 4 rings (SSSR count). The van der Waals surface area contributed by atoms with Gasteiger partial charge >= 0.3 is 6.43 Å². The topological polar surface area (TPSA) is 70.3 Å². The van der Waals surface area contributed by atoms with Crippen LogP contribution in [0.25, 0.3) is 22.7 Å². The molecule has 0 N–H and O–H groups in total. The highest BCUT2D eigenvalue weighted by Crippen LogP contribution is 2.33. The number of rotatable bonds is 5. The van der Waals surface area contributed by atoms with Crippen LogP contribution in [0.15, 0.2) is 40.9 Å². The van der Waals surface area contributed by atoms with Crippen LogP contribution in [-0.2, 0) is 4.74 Å². The molecule has 0 saturated carbocycles. The molecule has 6 nitrogen and oxygen atoms in total. The first-order chi connectivity index (χ1) is 13.6. The van der Waals surface area contributed by atoms with Crippen molar-refractivity contribution < 1.29 is 27.1 Å². The molecule has 1 saturated heterocycles. The number of ether oxygens (including phenoxy) is 2. The standard InChI is InChI=1S/C19H16F3N3O3/c20-13-9-11(8-12(10-13)18-24-25-19(28-18)17(21)22)16-15(2-1-5-23-16)27-14-3-6-26-7-4-14/h1-2,5,8-10,14,17H,3-4,6-7H2. The molecule has 1 aliphatic heterocycles. The number of alkyl halides is 2. The molecule has 28 heavy (non-hydrogen) atoms. The van der Waals surface area contributed by atoms with Crippen molar-refractivity contribution in [1.29, 1.82) is 0 Å². The molecular weight excluding hydrogens is 375 g/mol. The number of nitrogens with zero attached hydrogens (tertiary/aromatic N) is 3. The number of hydrogen-bond acceptors (Lipinski definition) is 6. The predicted molar refractivity (Wildman–Crippen MR) is 92.3 cm³/mol. The van der Waals surface area contributed by atoms with E-state index in [-0.39, 0.29) is 17.6 Å². The van der Waals surface area contributed by atoms with Crippen molar-refractivity contribution in [1.82, 2.24) is 15.2 Å². The van der Waals surface area contributed by atoms with E-state index in [0.717, 1.165) is 18.9 Å². The highest BCUT2D eigenvalue weighted by molar-refractivity contribution is 5.71. The fourth-order valence-electron chi connectivity index (χ4n) is 2.97. The van der Waals surface area contributed by atoms with Gasteiger partial charge < -0.3 is 13.9 Å². The summed E-state index contributed by atoms with van der Waals surface area (Å²) in [5, 5.41) is 6.85. The van der Waals surface area contributed by atoms with Gasteiger partial charge in [0.15, 0.2) is 0 Å². The molecule has 0 amide bonds. The Labute approximate surface area is 158 Å². The minimum Gasteiger partial charge on any atom is -0.488 e. The maximum absolute atomic E-state index is 14.2. The first-order valence-electron chi connectivity index (χ1n) is 8.72. The summed E-state index contributed by atoms with van der Waals surface area (Å²) >= 11 is 0. The van der Waals surface area contributed by atoms with E-state index in [4.69, 9.17) is 13.9 Å². The van der Waals surface area contributed by atoms with Crippen molar-refractivity contribution in [2.45, 2.75) is 25.4 Å². The molecule has 3 aromatic rings. The van der Waals surface area contributed by atoms with Gasteiger partial charge in [-0.1, -0.05) is 0 Å². The third-order valence-corrected chi connectivity index (χ3v) is 4.28. The van der Waals surface area contributed by atoms with Gasteiger partial charge in [0, 0.05) is 30.2 Å². The normalized spacial score (nSPS) is 15.1. The van der Waals surface area contributed by atoms with Crippen molar-refractivity contribution >= 4 is 0 Å². The zero-order valence-corrected chi connectivity index (χ0v) is 14.6. The molecule has 1 aromatic carbocycles. The van der Waals surface area contributed by atoms with Crippen LogP contribution < -0.4 is 4.74 Å². The lowest BCUT2D eigenvalue weighted by Gasteiger charge is -2.24. The molecule has 3 heterocycles. The SMILES string of the molecule is Fc1cc(-c2nnc(C(F)F)o2)cc(-c2ncccc2OC2CCOCC2)c1. The van der Waals surface area contributed by atoms with Crippen molar-refractivity contribution in [3.8, 4) is 28.5 Å². The number of benzene rings is 1. The van der Waals surface area contributed by atoms with E-state index in [9.17, 15) is 13.2 Å². The Morgan fingerprint density at radius 2 is 1.86 bits per heavy atom. The minimum atomic E-state index is -2.90. The van der Waals surface area contributed by atoms with Crippen LogP contribution in [0.4, 0.5) is 13.2 Å². The van der Waals surface area contributed by atoms with Gasteiger partial charge in [0.1, 0.15) is 23.4 Å². The summed E-state index contributed by atoms with van der Waals surface area (Å²) in [7, 11) is 0. The second kappa shape index (κ2) is 7.97. The molecular formula is C19H16F3N3O3. The summed E-state index contributed by atoms with van der Waals surface area (Å²) in [5.41, 5.74) is 1.02. The van der Waals surface area contributed by atoms with E-state index < -0.39 is 18.1 Å². The lowest BCUT2D eigenvalue weighted by atomic mass is 10.1. The van der Waals surface area contributed by atoms with Crippen LogP contribution >= 0.6 is 0 Å². The highest BCUT2D eigenvalue weighted by atomic mass is 19.3. The van der Waals surface area contributed by atoms with E-state index in [0.29, 0.717) is 30.2 Å². The fourth-order valence-corrected chi connectivity index (χ4v) is 2.97. The molecule has 0 atom stereocenters. The minimum absolute atomic E-state index is 0.0192. The smallest absolute Gasteiger partial charge is 0.314 e. The van der Waals surface area contributed by atoms with E-state index >= 15 is 0 Å². The average Bonchev–Trinajstić information content (AvgIpc) is 3.19. The maximum Gasteiger partial charge on any atom is 0.314 e. The van der Waals surface area contributed by atoms with E-state index in [1.54, 1.807) is 24.4 Å². The molecule has 0 bridgehead atoms. The Balaban J connectivity index is 1.68. The van der Waals surface area contributed by atoms with Crippen LogP contribution in [0.1, 0.15) is 25.2 Å². The summed E-state index contributed by atoms with van der Waals surface area (Å²) in [5.74, 6) is -1.10. The number of hydrogen-bond donors (Lipinski definition) is 0. The Hall–Kier alpha value is -2.94. The summed E-state index contributed by atoms with van der Waals surface area (Å²) in [6.45, 7) is 1.24. The molecule has 1 fully saturated rings. The van der Waals surface area contributed by atoms with Crippen LogP contribution in [0.5, 0.6) is 5.75 Å². The molecule has 0 aliphatic carbocycles. The first-order valence-corrected chi connectivity index (χ1v) is 8.72. The largest absolute Gasteiger partial charge is 0.488 e. The van der Waals surface area contributed by atoms with Crippen LogP contribution in [0.2, 0.25) is 0 Å². The van der Waals surface area contributed by atoms with Gasteiger partial charge in [0.05, 0.1) is 13.2 Å². The molecule has 9 heteroatoms. The van der Waals surface area contributed by atoms with Gasteiger partial charge in [-0.05, 0) is 30.3 Å². The predicted octanol–water partition coefficient (Wildman–Crippen LogP) is 4.43. The van der Waals surface area contributed by atoms with E-state index in [1.807, 2.05) is 0 Å².